The van der Waals surface area contributed by atoms with Gasteiger partial charge in [-0.2, -0.15) is 4.68 Å². The van der Waals surface area contributed by atoms with Crippen molar-refractivity contribution in [1.82, 2.24) is 30.2 Å². The van der Waals surface area contributed by atoms with Crippen LogP contribution >= 0.6 is 23.1 Å². The Balaban J connectivity index is 1.62. The number of para-hydroxylation sites is 2. The van der Waals surface area contributed by atoms with Crippen LogP contribution in [0.4, 0.5) is 0 Å². The Bertz CT molecular complexity index is 1200. The monoisotopic (exact) mass is 414 g/mol. The summed E-state index contributed by atoms with van der Waals surface area (Å²) in [6.07, 6.45) is 0. The average molecular weight is 415 g/mol. The van der Waals surface area contributed by atoms with Crippen molar-refractivity contribution in [1.29, 1.82) is 0 Å². The summed E-state index contributed by atoms with van der Waals surface area (Å²) in [5, 5.41) is 13.2. The largest absolute Gasteiger partial charge is 0.492 e. The quantitative estimate of drug-likeness (QED) is 0.484. The van der Waals surface area contributed by atoms with Crippen LogP contribution in [-0.4, -0.2) is 36.8 Å². The van der Waals surface area contributed by atoms with Crippen LogP contribution in [0.15, 0.2) is 34.2 Å². The standard InChI is InChI=1S/C18H18N6O2S2/c1-4-26-13-8-6-5-7-12(13)24-18(21-22-23-24)27-9-14-19-16(25)15-10(2)11(3)28-17(15)20-14/h5-8H,4,9H2,1-3H3,(H,19,20,25). The molecule has 0 aliphatic heterocycles. The molecule has 4 aromatic rings. The molecule has 0 bridgehead atoms. The lowest BCUT2D eigenvalue weighted by molar-refractivity contribution is 0.337. The molecule has 0 spiro atoms. The Labute approximate surface area is 169 Å². The fraction of sp³-hybridized carbons (Fsp3) is 0.278. The molecule has 4 rings (SSSR count). The third-order valence-electron chi connectivity index (χ3n) is 4.26. The zero-order valence-electron chi connectivity index (χ0n) is 15.6. The summed E-state index contributed by atoms with van der Waals surface area (Å²) in [5.74, 6) is 1.74. The van der Waals surface area contributed by atoms with Gasteiger partial charge in [0.25, 0.3) is 5.56 Å². The molecular weight excluding hydrogens is 396 g/mol. The van der Waals surface area contributed by atoms with E-state index in [-0.39, 0.29) is 5.56 Å². The van der Waals surface area contributed by atoms with Crippen molar-refractivity contribution in [3.05, 3.63) is 50.9 Å². The number of aromatic amines is 1. The van der Waals surface area contributed by atoms with E-state index < -0.39 is 0 Å². The van der Waals surface area contributed by atoms with Crippen molar-refractivity contribution in [3.8, 4) is 11.4 Å². The van der Waals surface area contributed by atoms with E-state index in [9.17, 15) is 4.79 Å². The fourth-order valence-corrected chi connectivity index (χ4v) is 4.63. The van der Waals surface area contributed by atoms with Crippen LogP contribution in [0.25, 0.3) is 15.9 Å². The van der Waals surface area contributed by atoms with Crippen LogP contribution in [0, 0.1) is 13.8 Å². The summed E-state index contributed by atoms with van der Waals surface area (Å²) in [6.45, 7) is 6.42. The third-order valence-corrected chi connectivity index (χ3v) is 6.29. The first-order valence-electron chi connectivity index (χ1n) is 8.70. The molecule has 0 atom stereocenters. The maximum Gasteiger partial charge on any atom is 0.259 e. The molecule has 1 N–H and O–H groups in total. The number of aromatic nitrogens is 6. The molecule has 144 valence electrons. The minimum atomic E-state index is -0.108. The van der Waals surface area contributed by atoms with Crippen molar-refractivity contribution in [3.63, 3.8) is 0 Å². The van der Waals surface area contributed by atoms with Gasteiger partial charge in [0.05, 0.1) is 17.7 Å². The van der Waals surface area contributed by atoms with Gasteiger partial charge in [-0.15, -0.1) is 16.4 Å². The number of H-pyrrole nitrogens is 1. The highest BCUT2D eigenvalue weighted by Gasteiger charge is 2.16. The number of thioether (sulfide) groups is 1. The van der Waals surface area contributed by atoms with Crippen LogP contribution in [0.2, 0.25) is 0 Å². The van der Waals surface area contributed by atoms with Gasteiger partial charge in [-0.3, -0.25) is 4.79 Å². The molecule has 0 saturated heterocycles. The molecule has 0 aliphatic carbocycles. The first-order valence-corrected chi connectivity index (χ1v) is 10.5. The van der Waals surface area contributed by atoms with Gasteiger partial charge in [-0.25, -0.2) is 4.98 Å². The van der Waals surface area contributed by atoms with Crippen molar-refractivity contribution in [2.24, 2.45) is 0 Å². The average Bonchev–Trinajstić information content (AvgIpc) is 3.25. The van der Waals surface area contributed by atoms with E-state index in [4.69, 9.17) is 4.74 Å². The Morgan fingerprint density at radius 2 is 2.11 bits per heavy atom. The van der Waals surface area contributed by atoms with Crippen LogP contribution in [0.3, 0.4) is 0 Å². The predicted octanol–water partition coefficient (Wildman–Crippen LogP) is 3.27. The highest BCUT2D eigenvalue weighted by atomic mass is 32.2. The lowest BCUT2D eigenvalue weighted by atomic mass is 10.2. The Morgan fingerprint density at radius 3 is 2.93 bits per heavy atom. The lowest BCUT2D eigenvalue weighted by Gasteiger charge is -2.10. The van der Waals surface area contributed by atoms with Gasteiger partial charge >= 0.3 is 0 Å². The molecule has 8 nitrogen and oxygen atoms in total. The lowest BCUT2D eigenvalue weighted by Crippen LogP contribution is -2.11. The number of aryl methyl sites for hydroxylation is 2. The molecule has 10 heteroatoms. The summed E-state index contributed by atoms with van der Waals surface area (Å²) in [5.41, 5.74) is 1.64. The maximum atomic E-state index is 12.4. The molecule has 0 unspecified atom stereocenters. The smallest absolute Gasteiger partial charge is 0.259 e. The topological polar surface area (TPSA) is 98.6 Å². The second-order valence-corrected chi connectivity index (χ2v) is 8.18. The highest BCUT2D eigenvalue weighted by Crippen LogP contribution is 2.29. The van der Waals surface area contributed by atoms with E-state index in [1.165, 1.54) is 23.1 Å². The molecule has 3 aromatic heterocycles. The number of ether oxygens (including phenoxy) is 1. The van der Waals surface area contributed by atoms with Gasteiger partial charge in [0.1, 0.15) is 22.1 Å². The Kier molecular flexibility index (Phi) is 5.14. The first-order chi connectivity index (χ1) is 13.6. The van der Waals surface area contributed by atoms with Gasteiger partial charge in [0.15, 0.2) is 0 Å². The number of rotatable bonds is 6. The van der Waals surface area contributed by atoms with Gasteiger partial charge in [0.2, 0.25) is 5.16 Å². The molecule has 1 aromatic carbocycles. The number of benzene rings is 1. The normalized spacial score (nSPS) is 11.2. The second kappa shape index (κ2) is 7.72. The van der Waals surface area contributed by atoms with Crippen LogP contribution in [-0.2, 0) is 5.75 Å². The fourth-order valence-electron chi connectivity index (χ4n) is 2.83. The SMILES string of the molecule is CCOc1ccccc1-n1nnnc1SCc1nc2sc(C)c(C)c2c(=O)[nH]1. The van der Waals surface area contributed by atoms with E-state index in [1.54, 1.807) is 4.68 Å². The zero-order valence-corrected chi connectivity index (χ0v) is 17.2. The minimum Gasteiger partial charge on any atom is -0.492 e. The van der Waals surface area contributed by atoms with Crippen LogP contribution < -0.4 is 10.3 Å². The third kappa shape index (κ3) is 3.40. The van der Waals surface area contributed by atoms with Crippen molar-refractivity contribution < 1.29 is 4.74 Å². The van der Waals surface area contributed by atoms with E-state index in [0.717, 1.165) is 21.0 Å². The number of fused-ring (bicyclic) bond motifs is 1. The Morgan fingerprint density at radius 1 is 1.29 bits per heavy atom. The maximum absolute atomic E-state index is 12.4. The summed E-state index contributed by atoms with van der Waals surface area (Å²) in [6, 6.07) is 7.58. The zero-order chi connectivity index (χ0) is 19.7. The highest BCUT2D eigenvalue weighted by molar-refractivity contribution is 7.98. The molecule has 0 radical (unpaired) electrons. The van der Waals surface area contributed by atoms with Crippen molar-refractivity contribution in [2.75, 3.05) is 6.61 Å². The summed E-state index contributed by atoms with van der Waals surface area (Å²) >= 11 is 2.94. The van der Waals surface area contributed by atoms with Crippen LogP contribution in [0.1, 0.15) is 23.2 Å². The molecular formula is C18H18N6O2S2. The van der Waals surface area contributed by atoms with Crippen molar-refractivity contribution >= 4 is 33.3 Å². The molecule has 3 heterocycles. The summed E-state index contributed by atoms with van der Waals surface area (Å²) in [7, 11) is 0. The number of thiophene rings is 1. The molecule has 0 fully saturated rings. The molecule has 28 heavy (non-hydrogen) atoms. The van der Waals surface area contributed by atoms with Gasteiger partial charge in [0, 0.05) is 4.88 Å². The number of hydrogen-bond donors (Lipinski definition) is 1. The van der Waals surface area contributed by atoms with Crippen LogP contribution in [0.5, 0.6) is 5.75 Å². The number of nitrogens with zero attached hydrogens (tertiary/aromatic N) is 5. The Hall–Kier alpha value is -2.72. The predicted molar refractivity (Wildman–Crippen MR) is 110 cm³/mol. The van der Waals surface area contributed by atoms with Gasteiger partial charge in [-0.1, -0.05) is 23.9 Å². The molecule has 0 aliphatic rings. The van der Waals surface area contributed by atoms with E-state index in [0.29, 0.717) is 34.5 Å². The van der Waals surface area contributed by atoms with E-state index >= 15 is 0 Å². The van der Waals surface area contributed by atoms with E-state index in [1.807, 2.05) is 45.0 Å². The van der Waals surface area contributed by atoms with Crippen molar-refractivity contribution in [2.45, 2.75) is 31.7 Å². The second-order valence-electron chi connectivity index (χ2n) is 6.04. The number of tetrazole rings is 1. The van der Waals surface area contributed by atoms with E-state index in [2.05, 4.69) is 25.5 Å². The molecule has 0 amide bonds. The summed E-state index contributed by atoms with van der Waals surface area (Å²) in [4.78, 5) is 21.8. The van der Waals surface area contributed by atoms with Gasteiger partial charge in [-0.05, 0) is 48.9 Å². The number of nitrogens with one attached hydrogen (secondary N) is 1. The summed E-state index contributed by atoms with van der Waals surface area (Å²) < 4.78 is 7.30. The first kappa shape index (κ1) is 18.6. The number of hydrogen-bond acceptors (Lipinski definition) is 8. The molecule has 0 saturated carbocycles. The minimum absolute atomic E-state index is 0.108. The van der Waals surface area contributed by atoms with Gasteiger partial charge < -0.3 is 9.72 Å².